The van der Waals surface area contributed by atoms with Gasteiger partial charge in [0.05, 0.1) is 6.04 Å². The molecule has 92 valence electrons. The van der Waals surface area contributed by atoms with Crippen molar-refractivity contribution in [1.29, 1.82) is 0 Å². The molecule has 3 nitrogen and oxygen atoms in total. The Balaban J connectivity index is 1.73. The van der Waals surface area contributed by atoms with E-state index in [2.05, 4.69) is 12.2 Å². The molecule has 0 aromatic heterocycles. The van der Waals surface area contributed by atoms with E-state index in [1.165, 1.54) is 12.8 Å². The lowest BCUT2D eigenvalue weighted by Crippen LogP contribution is -2.49. The van der Waals surface area contributed by atoms with Crippen LogP contribution in [-0.2, 0) is 0 Å². The van der Waals surface area contributed by atoms with E-state index in [0.717, 1.165) is 24.0 Å². The fourth-order valence-corrected chi connectivity index (χ4v) is 2.51. The normalized spacial score (nSPS) is 24.4. The van der Waals surface area contributed by atoms with E-state index in [0.29, 0.717) is 12.6 Å². The summed E-state index contributed by atoms with van der Waals surface area (Å²) < 4.78 is 11.8. The van der Waals surface area contributed by atoms with Gasteiger partial charge in [-0.15, -0.1) is 0 Å². The van der Waals surface area contributed by atoms with Crippen molar-refractivity contribution in [3.63, 3.8) is 0 Å². The molecule has 2 unspecified atom stereocenters. The van der Waals surface area contributed by atoms with Gasteiger partial charge in [-0.1, -0.05) is 19.1 Å². The van der Waals surface area contributed by atoms with Crippen LogP contribution in [0.1, 0.15) is 19.8 Å². The zero-order valence-corrected chi connectivity index (χ0v) is 10.2. The summed E-state index contributed by atoms with van der Waals surface area (Å²) in [5, 5.41) is 3.54. The Hall–Kier alpha value is -1.22. The highest BCUT2D eigenvalue weighted by Gasteiger charge is 2.39. The first-order chi connectivity index (χ1) is 8.38. The highest BCUT2D eigenvalue weighted by Crippen LogP contribution is 2.38. The Morgan fingerprint density at radius 1 is 1.29 bits per heavy atom. The molecular weight excluding hydrogens is 214 g/mol. The lowest BCUT2D eigenvalue weighted by atomic mass is 10.1. The topological polar surface area (TPSA) is 30.5 Å². The Morgan fingerprint density at radius 2 is 2.06 bits per heavy atom. The first-order valence-electron chi connectivity index (χ1n) is 6.50. The van der Waals surface area contributed by atoms with Crippen LogP contribution in [0.3, 0.4) is 0 Å². The summed E-state index contributed by atoms with van der Waals surface area (Å²) in [4.78, 5) is 0. The molecule has 1 N–H and O–H groups in total. The van der Waals surface area contributed by atoms with Crippen molar-refractivity contribution < 1.29 is 9.47 Å². The SMILES string of the molecule is CCNC(C1CC1)C1COc2ccccc2O1. The Kier molecular flexibility index (Phi) is 2.93. The zero-order valence-electron chi connectivity index (χ0n) is 10.2. The monoisotopic (exact) mass is 233 g/mol. The summed E-state index contributed by atoms with van der Waals surface area (Å²) >= 11 is 0. The zero-order chi connectivity index (χ0) is 11.7. The summed E-state index contributed by atoms with van der Waals surface area (Å²) in [6, 6.07) is 8.35. The first kappa shape index (κ1) is 10.9. The van der Waals surface area contributed by atoms with E-state index in [-0.39, 0.29) is 6.10 Å². The average molecular weight is 233 g/mol. The van der Waals surface area contributed by atoms with Crippen LogP contribution >= 0.6 is 0 Å². The Morgan fingerprint density at radius 3 is 2.76 bits per heavy atom. The predicted molar refractivity (Wildman–Crippen MR) is 66.5 cm³/mol. The Labute approximate surface area is 102 Å². The summed E-state index contributed by atoms with van der Waals surface area (Å²) in [6.45, 7) is 3.79. The lowest BCUT2D eigenvalue weighted by molar-refractivity contribution is 0.0562. The van der Waals surface area contributed by atoms with E-state index in [4.69, 9.17) is 9.47 Å². The molecule has 1 fully saturated rings. The number of benzene rings is 1. The van der Waals surface area contributed by atoms with E-state index in [1.54, 1.807) is 0 Å². The summed E-state index contributed by atoms with van der Waals surface area (Å²) in [5.74, 6) is 2.52. The number of ether oxygens (including phenoxy) is 2. The molecule has 1 aliphatic carbocycles. The summed E-state index contributed by atoms with van der Waals surface area (Å²) in [7, 11) is 0. The number of hydrogen-bond donors (Lipinski definition) is 1. The van der Waals surface area contributed by atoms with Crippen LogP contribution < -0.4 is 14.8 Å². The average Bonchev–Trinajstić information content (AvgIpc) is 3.20. The largest absolute Gasteiger partial charge is 0.486 e. The summed E-state index contributed by atoms with van der Waals surface area (Å²) in [6.07, 6.45) is 2.79. The second-order valence-electron chi connectivity index (χ2n) is 4.83. The van der Waals surface area contributed by atoms with Crippen molar-refractivity contribution in [2.75, 3.05) is 13.2 Å². The minimum Gasteiger partial charge on any atom is -0.486 e. The fourth-order valence-electron chi connectivity index (χ4n) is 2.51. The van der Waals surface area contributed by atoms with Gasteiger partial charge in [-0.05, 0) is 37.4 Å². The molecule has 1 aromatic carbocycles. The van der Waals surface area contributed by atoms with Crippen molar-refractivity contribution in [2.24, 2.45) is 5.92 Å². The molecule has 0 spiro atoms. The molecule has 17 heavy (non-hydrogen) atoms. The quantitative estimate of drug-likeness (QED) is 0.865. The van der Waals surface area contributed by atoms with Crippen molar-refractivity contribution >= 4 is 0 Å². The van der Waals surface area contributed by atoms with Crippen LogP contribution in [0.5, 0.6) is 11.5 Å². The lowest BCUT2D eigenvalue weighted by Gasteiger charge is -2.32. The van der Waals surface area contributed by atoms with Gasteiger partial charge < -0.3 is 14.8 Å². The van der Waals surface area contributed by atoms with Crippen LogP contribution in [0.2, 0.25) is 0 Å². The molecule has 1 heterocycles. The van der Waals surface area contributed by atoms with Gasteiger partial charge in [-0.3, -0.25) is 0 Å². The molecule has 2 atom stereocenters. The minimum atomic E-state index is 0.150. The molecule has 3 heteroatoms. The minimum absolute atomic E-state index is 0.150. The van der Waals surface area contributed by atoms with Crippen molar-refractivity contribution in [3.05, 3.63) is 24.3 Å². The number of para-hydroxylation sites is 2. The number of rotatable bonds is 4. The molecule has 0 saturated heterocycles. The van der Waals surface area contributed by atoms with Crippen molar-refractivity contribution in [2.45, 2.75) is 31.9 Å². The molecule has 0 radical (unpaired) electrons. The molecule has 3 rings (SSSR count). The van der Waals surface area contributed by atoms with Crippen molar-refractivity contribution in [3.8, 4) is 11.5 Å². The van der Waals surface area contributed by atoms with Gasteiger partial charge in [0.15, 0.2) is 11.5 Å². The molecular formula is C14H19NO2. The van der Waals surface area contributed by atoms with Gasteiger partial charge in [0, 0.05) is 0 Å². The third kappa shape index (κ3) is 2.25. The van der Waals surface area contributed by atoms with Gasteiger partial charge in [0.1, 0.15) is 12.7 Å². The van der Waals surface area contributed by atoms with Gasteiger partial charge >= 0.3 is 0 Å². The standard InChI is InChI=1S/C14H19NO2/c1-2-15-14(10-7-8-10)13-9-16-11-5-3-4-6-12(11)17-13/h3-6,10,13-15H,2,7-9H2,1H3. The van der Waals surface area contributed by atoms with Crippen LogP contribution in [0.25, 0.3) is 0 Å². The maximum absolute atomic E-state index is 6.06. The highest BCUT2D eigenvalue weighted by molar-refractivity contribution is 5.40. The number of nitrogens with one attached hydrogen (secondary N) is 1. The molecule has 0 amide bonds. The second kappa shape index (κ2) is 4.57. The predicted octanol–water partition coefficient (Wildman–Crippen LogP) is 2.21. The van der Waals surface area contributed by atoms with Gasteiger partial charge in [0.2, 0.25) is 0 Å². The third-order valence-electron chi connectivity index (χ3n) is 3.50. The summed E-state index contributed by atoms with van der Waals surface area (Å²) in [5.41, 5.74) is 0. The molecule has 0 bridgehead atoms. The fraction of sp³-hybridized carbons (Fsp3) is 0.571. The maximum atomic E-state index is 6.06. The molecule has 1 aliphatic heterocycles. The van der Waals surface area contributed by atoms with Gasteiger partial charge in [0.25, 0.3) is 0 Å². The molecule has 2 aliphatic rings. The Bertz CT molecular complexity index is 390. The first-order valence-corrected chi connectivity index (χ1v) is 6.50. The van der Waals surface area contributed by atoms with Crippen LogP contribution in [0.4, 0.5) is 0 Å². The van der Waals surface area contributed by atoms with E-state index in [1.807, 2.05) is 24.3 Å². The van der Waals surface area contributed by atoms with Gasteiger partial charge in [-0.25, -0.2) is 0 Å². The third-order valence-corrected chi connectivity index (χ3v) is 3.50. The maximum Gasteiger partial charge on any atom is 0.161 e. The number of hydrogen-bond acceptors (Lipinski definition) is 3. The van der Waals surface area contributed by atoms with E-state index >= 15 is 0 Å². The van der Waals surface area contributed by atoms with Crippen molar-refractivity contribution in [1.82, 2.24) is 5.32 Å². The van der Waals surface area contributed by atoms with Gasteiger partial charge in [-0.2, -0.15) is 0 Å². The van der Waals surface area contributed by atoms with Crippen LogP contribution in [-0.4, -0.2) is 25.3 Å². The van der Waals surface area contributed by atoms with Crippen LogP contribution in [0, 0.1) is 5.92 Å². The second-order valence-corrected chi connectivity index (χ2v) is 4.83. The molecule has 1 saturated carbocycles. The van der Waals surface area contributed by atoms with E-state index in [9.17, 15) is 0 Å². The number of likely N-dealkylation sites (N-methyl/N-ethyl adjacent to an activating group) is 1. The number of fused-ring (bicyclic) bond motifs is 1. The highest BCUT2D eigenvalue weighted by atomic mass is 16.6. The van der Waals surface area contributed by atoms with Crippen LogP contribution in [0.15, 0.2) is 24.3 Å². The van der Waals surface area contributed by atoms with E-state index < -0.39 is 0 Å². The molecule has 1 aromatic rings. The smallest absolute Gasteiger partial charge is 0.161 e.